The number of fused-ring (bicyclic) bond motifs is 1. The van der Waals surface area contributed by atoms with Crippen molar-refractivity contribution in [2.75, 3.05) is 13.2 Å². The summed E-state index contributed by atoms with van der Waals surface area (Å²) in [5, 5.41) is 9.99. The van der Waals surface area contributed by atoms with Crippen molar-refractivity contribution in [3.63, 3.8) is 0 Å². The predicted octanol–water partition coefficient (Wildman–Crippen LogP) is 2.63. The van der Waals surface area contributed by atoms with E-state index in [1.54, 1.807) is 12.1 Å². The molecule has 0 unspecified atom stereocenters. The largest absolute Gasteiger partial charge is 0.494 e. The van der Waals surface area contributed by atoms with E-state index in [0.717, 1.165) is 36.9 Å². The molecule has 23 heavy (non-hydrogen) atoms. The summed E-state index contributed by atoms with van der Waals surface area (Å²) in [5.41, 5.74) is 2.69. The van der Waals surface area contributed by atoms with Crippen LogP contribution in [0.4, 0.5) is 4.39 Å². The van der Waals surface area contributed by atoms with E-state index in [0.29, 0.717) is 31.0 Å². The highest BCUT2D eigenvalue weighted by atomic mass is 19.1. The highest BCUT2D eigenvalue weighted by Gasteiger charge is 2.21. The molecule has 1 heterocycles. The van der Waals surface area contributed by atoms with Crippen LogP contribution in [-0.2, 0) is 12.8 Å². The zero-order valence-electron chi connectivity index (χ0n) is 12.9. The highest BCUT2D eigenvalue weighted by Crippen LogP contribution is 2.21. The lowest BCUT2D eigenvalue weighted by Crippen LogP contribution is -2.27. The Morgan fingerprint density at radius 2 is 2.04 bits per heavy atom. The van der Waals surface area contributed by atoms with Crippen LogP contribution in [0.3, 0.4) is 0 Å². The summed E-state index contributed by atoms with van der Waals surface area (Å²) in [6, 6.07) is 5.89. The molecule has 0 fully saturated rings. The predicted molar refractivity (Wildman–Crippen MR) is 84.1 cm³/mol. The molecule has 0 aliphatic heterocycles. The molecule has 2 N–H and O–H groups in total. The third kappa shape index (κ3) is 3.88. The Bertz CT molecular complexity index is 667. The Hall–Kier alpha value is -2.37. The van der Waals surface area contributed by atoms with Crippen LogP contribution < -0.4 is 10.1 Å². The molecule has 1 aromatic heterocycles. The number of carbonyl (C=O) groups is 1. The Morgan fingerprint density at radius 1 is 1.26 bits per heavy atom. The number of carbonyl (C=O) groups excluding carboxylic acids is 1. The number of hydrogen-bond donors (Lipinski definition) is 2. The zero-order chi connectivity index (χ0) is 16.1. The molecule has 0 atom stereocenters. The van der Waals surface area contributed by atoms with E-state index in [4.69, 9.17) is 4.74 Å². The summed E-state index contributed by atoms with van der Waals surface area (Å²) < 4.78 is 18.2. The molecule has 5 nitrogen and oxygen atoms in total. The number of benzene rings is 1. The fraction of sp³-hybridized carbons (Fsp3) is 0.412. The second-order valence-corrected chi connectivity index (χ2v) is 5.65. The first-order valence-electron chi connectivity index (χ1n) is 7.97. The van der Waals surface area contributed by atoms with Crippen molar-refractivity contribution in [1.29, 1.82) is 0 Å². The Balaban J connectivity index is 1.41. The van der Waals surface area contributed by atoms with Crippen LogP contribution in [0.1, 0.15) is 41.0 Å². The molecule has 0 bridgehead atoms. The number of nitrogens with zero attached hydrogens (tertiary/aromatic N) is 1. The first kappa shape index (κ1) is 15.5. The molecule has 1 amide bonds. The maximum absolute atomic E-state index is 12.8. The van der Waals surface area contributed by atoms with Gasteiger partial charge in [0.15, 0.2) is 5.69 Å². The van der Waals surface area contributed by atoms with Crippen molar-refractivity contribution in [3.8, 4) is 5.75 Å². The minimum absolute atomic E-state index is 0.133. The number of aromatic nitrogens is 2. The second kappa shape index (κ2) is 7.26. The number of hydrogen-bond acceptors (Lipinski definition) is 3. The van der Waals surface area contributed by atoms with E-state index in [9.17, 15) is 9.18 Å². The van der Waals surface area contributed by atoms with Crippen molar-refractivity contribution in [2.45, 2.75) is 32.1 Å². The molecule has 0 saturated carbocycles. The quantitative estimate of drug-likeness (QED) is 0.805. The molecule has 0 radical (unpaired) electrons. The Kier molecular flexibility index (Phi) is 4.90. The van der Waals surface area contributed by atoms with Gasteiger partial charge in [-0.1, -0.05) is 0 Å². The van der Waals surface area contributed by atoms with E-state index >= 15 is 0 Å². The lowest BCUT2D eigenvalue weighted by atomic mass is 9.96. The zero-order valence-corrected chi connectivity index (χ0v) is 12.9. The number of rotatable bonds is 6. The van der Waals surface area contributed by atoms with Crippen LogP contribution in [0, 0.1) is 5.82 Å². The average molecular weight is 317 g/mol. The van der Waals surface area contributed by atoms with E-state index in [2.05, 4.69) is 15.5 Å². The lowest BCUT2D eigenvalue weighted by molar-refractivity contribution is 0.0945. The summed E-state index contributed by atoms with van der Waals surface area (Å²) in [6.45, 7) is 0.978. The van der Waals surface area contributed by atoms with Crippen LogP contribution >= 0.6 is 0 Å². The van der Waals surface area contributed by atoms with Crippen molar-refractivity contribution >= 4 is 5.91 Å². The van der Waals surface area contributed by atoms with Gasteiger partial charge in [-0.2, -0.15) is 5.10 Å². The van der Waals surface area contributed by atoms with Gasteiger partial charge in [-0.25, -0.2) is 4.39 Å². The van der Waals surface area contributed by atoms with Gasteiger partial charge in [0, 0.05) is 17.8 Å². The topological polar surface area (TPSA) is 67.0 Å². The third-order valence-corrected chi connectivity index (χ3v) is 3.96. The molecule has 1 aromatic carbocycles. The maximum atomic E-state index is 12.8. The highest BCUT2D eigenvalue weighted by molar-refractivity contribution is 5.94. The van der Waals surface area contributed by atoms with Gasteiger partial charge in [-0.15, -0.1) is 0 Å². The molecule has 122 valence electrons. The van der Waals surface area contributed by atoms with Gasteiger partial charge in [-0.05, 0) is 56.4 Å². The van der Waals surface area contributed by atoms with Crippen LogP contribution in [0.25, 0.3) is 0 Å². The normalized spacial score (nSPS) is 13.4. The fourth-order valence-electron chi connectivity index (χ4n) is 2.75. The van der Waals surface area contributed by atoms with Gasteiger partial charge in [0.1, 0.15) is 11.6 Å². The van der Waals surface area contributed by atoms with Gasteiger partial charge < -0.3 is 10.1 Å². The first-order chi connectivity index (χ1) is 11.2. The molecule has 0 spiro atoms. The molecule has 6 heteroatoms. The summed E-state index contributed by atoms with van der Waals surface area (Å²) in [6.07, 6.45) is 4.83. The van der Waals surface area contributed by atoms with Gasteiger partial charge in [0.05, 0.1) is 6.61 Å². The summed E-state index contributed by atoms with van der Waals surface area (Å²) in [7, 11) is 0. The number of H-pyrrole nitrogens is 1. The first-order valence-corrected chi connectivity index (χ1v) is 7.97. The lowest BCUT2D eigenvalue weighted by Gasteiger charge is -2.11. The summed E-state index contributed by atoms with van der Waals surface area (Å²) in [5.74, 6) is 0.206. The van der Waals surface area contributed by atoms with Gasteiger partial charge in [0.2, 0.25) is 0 Å². The van der Waals surface area contributed by atoms with Crippen LogP contribution in [0.5, 0.6) is 5.75 Å². The molecule has 1 aliphatic carbocycles. The summed E-state index contributed by atoms with van der Waals surface area (Å²) in [4.78, 5) is 12.2. The van der Waals surface area contributed by atoms with Crippen molar-refractivity contribution in [3.05, 3.63) is 47.0 Å². The summed E-state index contributed by atoms with van der Waals surface area (Å²) >= 11 is 0. The van der Waals surface area contributed by atoms with Gasteiger partial charge in [0.25, 0.3) is 5.91 Å². The van der Waals surface area contributed by atoms with E-state index in [1.807, 2.05) is 0 Å². The minimum Gasteiger partial charge on any atom is -0.494 e. The number of ether oxygens (including phenoxy) is 1. The van der Waals surface area contributed by atoms with Crippen LogP contribution in [0.15, 0.2) is 24.3 Å². The third-order valence-electron chi connectivity index (χ3n) is 3.96. The van der Waals surface area contributed by atoms with Gasteiger partial charge in [-0.3, -0.25) is 9.89 Å². The smallest absolute Gasteiger partial charge is 0.272 e. The number of halogens is 1. The SMILES string of the molecule is O=C(NCCCOc1ccc(F)cc1)c1n[nH]c2c1CCCC2. The minimum atomic E-state index is -0.285. The molecular formula is C17H20FN3O2. The van der Waals surface area contributed by atoms with Crippen LogP contribution in [-0.4, -0.2) is 29.3 Å². The van der Waals surface area contributed by atoms with Crippen molar-refractivity contribution < 1.29 is 13.9 Å². The average Bonchev–Trinajstić information content (AvgIpc) is 3.00. The fourth-order valence-corrected chi connectivity index (χ4v) is 2.75. The molecule has 3 rings (SSSR count). The van der Waals surface area contributed by atoms with Crippen molar-refractivity contribution in [2.24, 2.45) is 0 Å². The molecule has 2 aromatic rings. The van der Waals surface area contributed by atoms with E-state index in [1.165, 1.54) is 12.1 Å². The standard InChI is InChI=1S/C17H20FN3O2/c18-12-6-8-13(9-7-12)23-11-3-10-19-17(22)16-14-4-1-2-5-15(14)20-21-16/h6-9H,1-5,10-11H2,(H,19,22)(H,20,21). The number of aryl methyl sites for hydroxylation is 1. The number of aromatic amines is 1. The van der Waals surface area contributed by atoms with Crippen molar-refractivity contribution in [1.82, 2.24) is 15.5 Å². The molecule has 1 aliphatic rings. The van der Waals surface area contributed by atoms with Crippen LogP contribution in [0.2, 0.25) is 0 Å². The monoisotopic (exact) mass is 317 g/mol. The Morgan fingerprint density at radius 3 is 2.87 bits per heavy atom. The number of amides is 1. The molecule has 0 saturated heterocycles. The molecular weight excluding hydrogens is 297 g/mol. The maximum Gasteiger partial charge on any atom is 0.272 e. The number of nitrogens with one attached hydrogen (secondary N) is 2. The van der Waals surface area contributed by atoms with Gasteiger partial charge >= 0.3 is 0 Å². The Labute approximate surface area is 134 Å². The van der Waals surface area contributed by atoms with E-state index < -0.39 is 0 Å². The van der Waals surface area contributed by atoms with E-state index in [-0.39, 0.29) is 11.7 Å². The second-order valence-electron chi connectivity index (χ2n) is 5.65.